The molecule has 1 N–H and O–H groups in total. The van der Waals surface area contributed by atoms with Gasteiger partial charge in [0.05, 0.1) is 19.0 Å². The number of nitrogens with one attached hydrogen (secondary N) is 1. The SMILES string of the molecule is Cc1ccc(C(=O)Nc2ccc(CN3CCN(CP(C)(C)=O)CC3)c(C(F)(F)F)c2)cc1C#C[Si](C)(C)C. The Bertz CT molecular complexity index is 1280. The molecule has 0 radical (unpaired) electrons. The first kappa shape index (κ1) is 30.2. The molecule has 3 rings (SSSR count). The number of carbonyl (C=O) groups excluding carboxylic acids is 1. The van der Waals surface area contributed by atoms with E-state index in [0.717, 1.165) is 17.2 Å². The van der Waals surface area contributed by atoms with Crippen LogP contribution in [0.5, 0.6) is 0 Å². The van der Waals surface area contributed by atoms with E-state index in [0.29, 0.717) is 38.0 Å². The summed E-state index contributed by atoms with van der Waals surface area (Å²) in [6.07, 6.45) is -4.03. The molecule has 0 aliphatic carbocycles. The van der Waals surface area contributed by atoms with Gasteiger partial charge in [0.2, 0.25) is 0 Å². The minimum Gasteiger partial charge on any atom is -0.323 e. The molecule has 0 atom stereocenters. The highest BCUT2D eigenvalue weighted by molar-refractivity contribution is 7.62. The van der Waals surface area contributed by atoms with Gasteiger partial charge >= 0.3 is 6.18 Å². The van der Waals surface area contributed by atoms with Crippen molar-refractivity contribution in [3.05, 3.63) is 64.2 Å². The number of anilines is 1. The zero-order chi connectivity index (χ0) is 28.3. The minimum atomic E-state index is -4.56. The topological polar surface area (TPSA) is 52.7 Å². The Kier molecular flexibility index (Phi) is 9.36. The molecule has 1 saturated heterocycles. The van der Waals surface area contributed by atoms with Crippen LogP contribution in [0, 0.1) is 18.4 Å². The molecule has 206 valence electrons. The molecule has 2 aromatic rings. The van der Waals surface area contributed by atoms with Crippen LogP contribution in [0.15, 0.2) is 36.4 Å². The molecule has 0 bridgehead atoms. The van der Waals surface area contributed by atoms with E-state index in [9.17, 15) is 22.5 Å². The number of piperazine rings is 1. The molecule has 1 heterocycles. The molecule has 1 aliphatic heterocycles. The molecule has 38 heavy (non-hydrogen) atoms. The van der Waals surface area contributed by atoms with Crippen molar-refractivity contribution >= 4 is 26.8 Å². The highest BCUT2D eigenvalue weighted by Crippen LogP contribution is 2.37. The largest absolute Gasteiger partial charge is 0.416 e. The lowest BCUT2D eigenvalue weighted by atomic mass is 10.0. The summed E-state index contributed by atoms with van der Waals surface area (Å²) < 4.78 is 54.1. The molecule has 0 aromatic heterocycles. The summed E-state index contributed by atoms with van der Waals surface area (Å²) in [7, 11) is -3.80. The normalized spacial score (nSPS) is 15.6. The highest BCUT2D eigenvalue weighted by Gasteiger charge is 2.34. The number of rotatable bonds is 6. The number of hydrogen-bond donors (Lipinski definition) is 1. The van der Waals surface area contributed by atoms with E-state index in [2.05, 4.69) is 41.3 Å². The fourth-order valence-electron chi connectivity index (χ4n) is 4.22. The van der Waals surface area contributed by atoms with E-state index in [1.807, 2.05) is 11.8 Å². The second-order valence-electron chi connectivity index (χ2n) is 11.5. The molecule has 0 unspecified atom stereocenters. The highest BCUT2D eigenvalue weighted by atomic mass is 31.2. The van der Waals surface area contributed by atoms with Crippen molar-refractivity contribution in [2.45, 2.75) is 39.3 Å². The summed E-state index contributed by atoms with van der Waals surface area (Å²) in [6.45, 7) is 14.5. The predicted molar refractivity (Wildman–Crippen MR) is 152 cm³/mol. The van der Waals surface area contributed by atoms with Gasteiger partial charge in [-0.1, -0.05) is 37.7 Å². The molecular formula is C28H37F3N3O2PSi. The van der Waals surface area contributed by atoms with Crippen molar-refractivity contribution in [2.75, 3.05) is 51.1 Å². The van der Waals surface area contributed by atoms with Gasteiger partial charge in [-0.05, 0) is 55.6 Å². The lowest BCUT2D eigenvalue weighted by Crippen LogP contribution is -2.46. The minimum absolute atomic E-state index is 0.0906. The molecule has 10 heteroatoms. The van der Waals surface area contributed by atoms with Crippen LogP contribution in [0.1, 0.15) is 32.6 Å². The zero-order valence-electron chi connectivity index (χ0n) is 23.0. The van der Waals surface area contributed by atoms with Gasteiger partial charge in [-0.2, -0.15) is 13.2 Å². The Hall–Kier alpha value is -2.37. The Balaban J connectivity index is 1.75. The predicted octanol–water partition coefficient (Wildman–Crippen LogP) is 6.19. The fourth-order valence-corrected chi connectivity index (χ4v) is 5.98. The van der Waals surface area contributed by atoms with E-state index >= 15 is 0 Å². The van der Waals surface area contributed by atoms with Gasteiger partial charge < -0.3 is 9.88 Å². The van der Waals surface area contributed by atoms with Crippen molar-refractivity contribution in [2.24, 2.45) is 0 Å². The third-order valence-electron chi connectivity index (χ3n) is 6.14. The van der Waals surface area contributed by atoms with Gasteiger partial charge in [-0.25, -0.2) is 0 Å². The van der Waals surface area contributed by atoms with E-state index < -0.39 is 32.9 Å². The molecule has 1 amide bonds. The van der Waals surface area contributed by atoms with Crippen LogP contribution >= 0.6 is 7.14 Å². The van der Waals surface area contributed by atoms with E-state index in [1.54, 1.807) is 31.5 Å². The Morgan fingerprint density at radius 3 is 2.24 bits per heavy atom. The van der Waals surface area contributed by atoms with Crippen molar-refractivity contribution in [1.82, 2.24) is 9.80 Å². The lowest BCUT2D eigenvalue weighted by Gasteiger charge is -2.35. The van der Waals surface area contributed by atoms with Crippen molar-refractivity contribution in [3.8, 4) is 11.5 Å². The molecule has 1 fully saturated rings. The van der Waals surface area contributed by atoms with Crippen molar-refractivity contribution < 1.29 is 22.5 Å². The van der Waals surface area contributed by atoms with E-state index in [-0.39, 0.29) is 17.8 Å². The van der Waals surface area contributed by atoms with Crippen molar-refractivity contribution in [1.29, 1.82) is 0 Å². The standard InChI is InChI=1S/C28H37F3N3O2PSi/c1-21-7-8-23(17-22(21)11-16-38(4,5)6)27(35)32-25-10-9-24(26(18-25)28(29,30)31)19-33-12-14-34(15-13-33)20-37(2,3)36/h7-10,17-18H,12-15,19-20H2,1-6H3,(H,32,35). The van der Waals surface area contributed by atoms with Crippen LogP contribution in [-0.4, -0.2) is 69.6 Å². The maximum Gasteiger partial charge on any atom is 0.416 e. The van der Waals surface area contributed by atoms with Crippen LogP contribution in [0.2, 0.25) is 19.6 Å². The fraction of sp³-hybridized carbons (Fsp3) is 0.464. The third-order valence-corrected chi connectivity index (χ3v) is 8.10. The zero-order valence-corrected chi connectivity index (χ0v) is 24.9. The lowest BCUT2D eigenvalue weighted by molar-refractivity contribution is -0.138. The maximum atomic E-state index is 14.0. The monoisotopic (exact) mass is 563 g/mol. The van der Waals surface area contributed by atoms with Crippen LogP contribution in [0.25, 0.3) is 0 Å². The van der Waals surface area contributed by atoms with Gasteiger partial charge in [0, 0.05) is 49.5 Å². The van der Waals surface area contributed by atoms with Gasteiger partial charge in [-0.3, -0.25) is 14.6 Å². The van der Waals surface area contributed by atoms with Gasteiger partial charge in [0.25, 0.3) is 5.91 Å². The quantitative estimate of drug-likeness (QED) is 0.259. The second kappa shape index (κ2) is 11.8. The summed E-state index contributed by atoms with van der Waals surface area (Å²) in [4.78, 5) is 17.0. The smallest absolute Gasteiger partial charge is 0.323 e. The van der Waals surface area contributed by atoms with Crippen molar-refractivity contribution in [3.63, 3.8) is 0 Å². The number of amides is 1. The van der Waals surface area contributed by atoms with E-state index in [4.69, 9.17) is 0 Å². The van der Waals surface area contributed by atoms with Crippen LogP contribution < -0.4 is 5.32 Å². The summed E-state index contributed by atoms with van der Waals surface area (Å²) in [5.74, 6) is 2.68. The molecule has 1 aliphatic rings. The van der Waals surface area contributed by atoms with Gasteiger partial charge in [-0.15, -0.1) is 5.54 Å². The third kappa shape index (κ3) is 9.13. The number of alkyl halides is 3. The number of halogens is 3. The van der Waals surface area contributed by atoms with Gasteiger partial charge in [0.15, 0.2) is 0 Å². The molecule has 2 aromatic carbocycles. The second-order valence-corrected chi connectivity index (χ2v) is 19.6. The number of carbonyl (C=O) groups is 1. The summed E-state index contributed by atoms with van der Waals surface area (Å²) in [5, 5.41) is 2.62. The van der Waals surface area contributed by atoms with Crippen LogP contribution in [-0.2, 0) is 17.3 Å². The maximum absolute atomic E-state index is 14.0. The molecular weight excluding hydrogens is 526 g/mol. The average Bonchev–Trinajstić information content (AvgIpc) is 2.78. The molecule has 0 spiro atoms. The number of benzene rings is 2. The van der Waals surface area contributed by atoms with E-state index in [1.165, 1.54) is 12.1 Å². The van der Waals surface area contributed by atoms with Crippen LogP contribution in [0.4, 0.5) is 18.9 Å². The Labute approximate surface area is 225 Å². The number of nitrogens with zero attached hydrogens (tertiary/aromatic N) is 2. The molecule has 0 saturated carbocycles. The first-order valence-corrected chi connectivity index (χ1v) is 18.9. The number of hydrogen-bond acceptors (Lipinski definition) is 4. The summed E-state index contributed by atoms with van der Waals surface area (Å²) in [6, 6.07) is 9.10. The summed E-state index contributed by atoms with van der Waals surface area (Å²) >= 11 is 0. The van der Waals surface area contributed by atoms with Crippen LogP contribution in [0.3, 0.4) is 0 Å². The first-order valence-electron chi connectivity index (χ1n) is 12.6. The Morgan fingerprint density at radius 1 is 1.03 bits per heavy atom. The number of aryl methyl sites for hydroxylation is 1. The average molecular weight is 564 g/mol. The first-order chi connectivity index (χ1) is 17.5. The molecule has 5 nitrogen and oxygen atoms in total. The summed E-state index contributed by atoms with van der Waals surface area (Å²) in [5.41, 5.74) is 4.81. The van der Waals surface area contributed by atoms with Gasteiger partial charge in [0.1, 0.15) is 8.07 Å². The Morgan fingerprint density at radius 2 is 1.66 bits per heavy atom.